The van der Waals surface area contributed by atoms with Gasteiger partial charge >= 0.3 is 0 Å². The number of amides is 1. The van der Waals surface area contributed by atoms with Crippen molar-refractivity contribution in [3.63, 3.8) is 0 Å². The summed E-state index contributed by atoms with van der Waals surface area (Å²) in [6.07, 6.45) is 2.84. The van der Waals surface area contributed by atoms with Gasteiger partial charge in [-0.05, 0) is 74.6 Å². The van der Waals surface area contributed by atoms with Crippen LogP contribution in [0.2, 0.25) is 0 Å². The second kappa shape index (κ2) is 11.0. The normalized spacial score (nSPS) is 18.5. The summed E-state index contributed by atoms with van der Waals surface area (Å²) in [6.45, 7) is 2.61. The van der Waals surface area contributed by atoms with Crippen molar-refractivity contribution in [3.05, 3.63) is 66.2 Å². The topological polar surface area (TPSA) is 118 Å². The fourth-order valence-electron chi connectivity index (χ4n) is 5.16. The molecule has 0 unspecified atom stereocenters. The monoisotopic (exact) mass is 551 g/mol. The van der Waals surface area contributed by atoms with Crippen LogP contribution in [0.1, 0.15) is 38.2 Å². The molecule has 2 heterocycles. The van der Waals surface area contributed by atoms with Gasteiger partial charge in [-0.15, -0.1) is 0 Å². The number of benzene rings is 2. The summed E-state index contributed by atoms with van der Waals surface area (Å²) < 4.78 is 38.6. The van der Waals surface area contributed by atoms with Gasteiger partial charge in [-0.3, -0.25) is 4.79 Å². The molecule has 2 aromatic carbocycles. The maximum Gasteiger partial charge on any atom is 0.243 e. The van der Waals surface area contributed by atoms with Gasteiger partial charge in [0.25, 0.3) is 0 Å². The second-order valence-corrected chi connectivity index (χ2v) is 11.8. The van der Waals surface area contributed by atoms with E-state index < -0.39 is 15.4 Å². The molecular formula is C29H33N3O6S. The number of pyridine rings is 1. The fraction of sp³-hybridized carbons (Fsp3) is 0.379. The number of rotatable bonds is 10. The first-order valence-electron chi connectivity index (χ1n) is 13.2. The number of sulfonamides is 1. The Kier molecular flexibility index (Phi) is 7.61. The minimum Gasteiger partial charge on any atom is -0.493 e. The quantitative estimate of drug-likeness (QED) is 0.391. The number of nitrogens with one attached hydrogen (secondary N) is 1. The van der Waals surface area contributed by atoms with Crippen molar-refractivity contribution in [2.24, 2.45) is 0 Å². The van der Waals surface area contributed by atoms with Gasteiger partial charge in [-0.2, -0.15) is 4.31 Å². The standard InChI is InChI=1S/C29H33N3O6S/c1-3-38-26-18-21(11-14-25(26)37-2)29(15-16-29)28(34)31-27-8-4-7-24(30-27)20-9-12-23(13-10-20)39(35,36)32-17-5-6-22(32)19-33/h4,7-14,18,22,33H,3,5-6,15-17,19H2,1-2H3,(H,30,31,34)/t22-/m1/s1. The molecule has 3 aromatic rings. The van der Waals surface area contributed by atoms with Crippen molar-refractivity contribution in [3.8, 4) is 22.8 Å². The van der Waals surface area contributed by atoms with Gasteiger partial charge in [0.15, 0.2) is 11.5 Å². The number of hydrogen-bond donors (Lipinski definition) is 2. The third-order valence-corrected chi connectivity index (χ3v) is 9.45. The lowest BCUT2D eigenvalue weighted by atomic mass is 9.94. The summed E-state index contributed by atoms with van der Waals surface area (Å²) in [7, 11) is -2.11. The highest BCUT2D eigenvalue weighted by Crippen LogP contribution is 2.50. The molecule has 206 valence electrons. The van der Waals surface area contributed by atoms with Crippen LogP contribution in [0.5, 0.6) is 11.5 Å². The molecule has 1 aliphatic carbocycles. The Morgan fingerprint density at radius 2 is 1.90 bits per heavy atom. The van der Waals surface area contributed by atoms with Gasteiger partial charge in [0, 0.05) is 18.2 Å². The predicted octanol–water partition coefficient (Wildman–Crippen LogP) is 3.97. The smallest absolute Gasteiger partial charge is 0.243 e. The van der Waals surface area contributed by atoms with E-state index in [1.165, 1.54) is 4.31 Å². The number of hydrogen-bond acceptors (Lipinski definition) is 7. The van der Waals surface area contributed by atoms with Crippen LogP contribution < -0.4 is 14.8 Å². The van der Waals surface area contributed by atoms with E-state index in [-0.39, 0.29) is 23.5 Å². The Morgan fingerprint density at radius 3 is 2.56 bits per heavy atom. The second-order valence-electron chi connectivity index (χ2n) is 9.86. The van der Waals surface area contributed by atoms with E-state index in [2.05, 4.69) is 10.3 Å². The molecule has 1 saturated carbocycles. The lowest BCUT2D eigenvalue weighted by Gasteiger charge is -2.22. The van der Waals surface area contributed by atoms with E-state index in [0.29, 0.717) is 42.6 Å². The van der Waals surface area contributed by atoms with E-state index in [1.54, 1.807) is 43.5 Å². The number of aromatic nitrogens is 1. The SMILES string of the molecule is CCOc1cc(C2(C(=O)Nc3cccc(-c4ccc(S(=O)(=O)N5CCC[C@@H]5CO)cc4)n3)CC2)ccc1OC. The zero-order valence-electron chi connectivity index (χ0n) is 22.1. The zero-order chi connectivity index (χ0) is 27.6. The molecule has 2 fully saturated rings. The van der Waals surface area contributed by atoms with Crippen molar-refractivity contribution < 1.29 is 27.8 Å². The molecule has 1 amide bonds. The highest BCUT2D eigenvalue weighted by Gasteiger charge is 2.51. The lowest BCUT2D eigenvalue weighted by molar-refractivity contribution is -0.118. The number of aliphatic hydroxyl groups excluding tert-OH is 1. The van der Waals surface area contributed by atoms with Crippen LogP contribution in [-0.2, 0) is 20.2 Å². The van der Waals surface area contributed by atoms with Crippen molar-refractivity contribution in [2.75, 3.05) is 32.2 Å². The Bertz CT molecular complexity index is 1450. The molecular weight excluding hydrogens is 518 g/mol. The number of carbonyl (C=O) groups excluding carboxylic acids is 1. The first-order chi connectivity index (χ1) is 18.8. The summed E-state index contributed by atoms with van der Waals surface area (Å²) >= 11 is 0. The van der Waals surface area contributed by atoms with E-state index in [1.807, 2.05) is 31.2 Å². The summed E-state index contributed by atoms with van der Waals surface area (Å²) in [5.41, 5.74) is 1.56. The molecule has 1 atom stereocenters. The first-order valence-corrected chi connectivity index (χ1v) is 14.6. The van der Waals surface area contributed by atoms with Gasteiger partial charge in [0.1, 0.15) is 5.82 Å². The molecule has 1 aliphatic heterocycles. The van der Waals surface area contributed by atoms with Gasteiger partial charge < -0.3 is 19.9 Å². The molecule has 1 aromatic heterocycles. The number of methoxy groups -OCH3 is 1. The number of ether oxygens (including phenoxy) is 2. The minimum atomic E-state index is -3.69. The Hall–Kier alpha value is -3.47. The van der Waals surface area contributed by atoms with Crippen molar-refractivity contribution >= 4 is 21.7 Å². The molecule has 9 nitrogen and oxygen atoms in total. The van der Waals surface area contributed by atoms with Gasteiger partial charge in [-0.25, -0.2) is 13.4 Å². The fourth-order valence-corrected chi connectivity index (χ4v) is 6.84. The lowest BCUT2D eigenvalue weighted by Crippen LogP contribution is -2.37. The zero-order valence-corrected chi connectivity index (χ0v) is 22.9. The molecule has 5 rings (SSSR count). The maximum absolute atomic E-state index is 13.4. The first kappa shape index (κ1) is 27.1. The van der Waals surface area contributed by atoms with Crippen molar-refractivity contribution in [1.82, 2.24) is 9.29 Å². The van der Waals surface area contributed by atoms with E-state index in [4.69, 9.17) is 9.47 Å². The number of carbonyl (C=O) groups is 1. The van der Waals surface area contributed by atoms with E-state index in [9.17, 15) is 18.3 Å². The van der Waals surface area contributed by atoms with Crippen LogP contribution in [0.3, 0.4) is 0 Å². The van der Waals surface area contributed by atoms with Gasteiger partial charge in [0.2, 0.25) is 15.9 Å². The van der Waals surface area contributed by atoms with Gasteiger partial charge in [0.05, 0.1) is 36.3 Å². The number of nitrogens with zero attached hydrogens (tertiary/aromatic N) is 2. The Balaban J connectivity index is 1.33. The highest BCUT2D eigenvalue weighted by atomic mass is 32.2. The summed E-state index contributed by atoms with van der Waals surface area (Å²) in [5.74, 6) is 1.52. The minimum absolute atomic E-state index is 0.134. The molecule has 0 bridgehead atoms. The molecule has 2 N–H and O–H groups in total. The molecule has 0 spiro atoms. The Labute approximate surface area is 228 Å². The molecule has 0 radical (unpaired) electrons. The average molecular weight is 552 g/mol. The number of aliphatic hydroxyl groups is 1. The van der Waals surface area contributed by atoms with E-state index in [0.717, 1.165) is 30.4 Å². The van der Waals surface area contributed by atoms with Gasteiger partial charge in [-0.1, -0.05) is 24.3 Å². The third kappa shape index (κ3) is 5.24. The predicted molar refractivity (Wildman–Crippen MR) is 147 cm³/mol. The van der Waals surface area contributed by atoms with Crippen molar-refractivity contribution in [2.45, 2.75) is 49.0 Å². The molecule has 39 heavy (non-hydrogen) atoms. The van der Waals surface area contributed by atoms with Crippen LogP contribution in [0.15, 0.2) is 65.6 Å². The molecule has 2 aliphatic rings. The molecule has 1 saturated heterocycles. The summed E-state index contributed by atoms with van der Waals surface area (Å²) in [5, 5.41) is 12.5. The molecule has 10 heteroatoms. The summed E-state index contributed by atoms with van der Waals surface area (Å²) in [4.78, 5) is 18.2. The maximum atomic E-state index is 13.4. The van der Waals surface area contributed by atoms with Crippen LogP contribution >= 0.6 is 0 Å². The highest BCUT2D eigenvalue weighted by molar-refractivity contribution is 7.89. The van der Waals surface area contributed by atoms with Crippen LogP contribution in [0.4, 0.5) is 5.82 Å². The summed E-state index contributed by atoms with van der Waals surface area (Å²) in [6, 6.07) is 17.1. The average Bonchev–Trinajstić information content (AvgIpc) is 3.62. The van der Waals surface area contributed by atoms with E-state index >= 15 is 0 Å². The number of anilines is 1. The van der Waals surface area contributed by atoms with Crippen LogP contribution in [0, 0.1) is 0 Å². The largest absolute Gasteiger partial charge is 0.493 e. The third-order valence-electron chi connectivity index (χ3n) is 7.48. The Morgan fingerprint density at radius 1 is 1.13 bits per heavy atom. The van der Waals surface area contributed by atoms with Crippen LogP contribution in [0.25, 0.3) is 11.3 Å². The van der Waals surface area contributed by atoms with Crippen LogP contribution in [-0.4, -0.2) is 61.6 Å². The van der Waals surface area contributed by atoms with Crippen molar-refractivity contribution in [1.29, 1.82) is 0 Å².